The molecular weight excluding hydrogens is 370 g/mol. The minimum absolute atomic E-state index is 0.110. The molecule has 0 bridgehead atoms. The largest absolute Gasteiger partial charge is 0.360 e. The van der Waals surface area contributed by atoms with E-state index in [4.69, 9.17) is 4.52 Å². The van der Waals surface area contributed by atoms with Crippen LogP contribution in [0, 0.1) is 6.92 Å². The van der Waals surface area contributed by atoms with Gasteiger partial charge in [0.2, 0.25) is 5.91 Å². The second kappa shape index (κ2) is 8.68. The monoisotopic (exact) mass is 399 g/mol. The average Bonchev–Trinajstić information content (AvgIpc) is 3.06. The Hall–Kier alpha value is -1.49. The Labute approximate surface area is 160 Å². The summed E-state index contributed by atoms with van der Waals surface area (Å²) in [5.74, 6) is 0.845. The van der Waals surface area contributed by atoms with E-state index < -0.39 is 10.2 Å². The number of hydrogen-bond acceptors (Lipinski definition) is 6. The van der Waals surface area contributed by atoms with Gasteiger partial charge in [0.1, 0.15) is 5.76 Å². The summed E-state index contributed by atoms with van der Waals surface area (Å²) >= 11 is 0. The van der Waals surface area contributed by atoms with Crippen molar-refractivity contribution in [1.29, 1.82) is 0 Å². The third-order valence-electron chi connectivity index (χ3n) is 5.37. The number of carbonyl (C=O) groups is 1. The Kier molecular flexibility index (Phi) is 6.51. The van der Waals surface area contributed by atoms with E-state index in [0.717, 1.165) is 25.7 Å². The molecule has 1 aromatic heterocycles. The van der Waals surface area contributed by atoms with Crippen molar-refractivity contribution in [3.05, 3.63) is 11.8 Å². The molecule has 1 aliphatic carbocycles. The lowest BCUT2D eigenvalue weighted by Gasteiger charge is -2.38. The van der Waals surface area contributed by atoms with E-state index in [0.29, 0.717) is 37.8 Å². The molecule has 2 heterocycles. The molecule has 0 radical (unpaired) electrons. The Morgan fingerprint density at radius 3 is 2.52 bits per heavy atom. The van der Waals surface area contributed by atoms with Crippen molar-refractivity contribution >= 4 is 21.9 Å². The van der Waals surface area contributed by atoms with E-state index in [2.05, 4.69) is 10.5 Å². The van der Waals surface area contributed by atoms with Crippen molar-refractivity contribution in [2.45, 2.75) is 45.1 Å². The predicted octanol–water partition coefficient (Wildman–Crippen LogP) is 1.05. The number of anilines is 1. The number of hydrogen-bond donors (Lipinski definition) is 1. The van der Waals surface area contributed by atoms with Gasteiger partial charge in [-0.15, -0.1) is 0 Å². The molecule has 1 aliphatic heterocycles. The van der Waals surface area contributed by atoms with Gasteiger partial charge in [-0.1, -0.05) is 24.4 Å². The zero-order valence-electron chi connectivity index (χ0n) is 16.1. The smallest absolute Gasteiger partial charge is 0.282 e. The van der Waals surface area contributed by atoms with E-state index in [1.807, 2.05) is 4.90 Å². The first-order chi connectivity index (χ1) is 12.9. The molecule has 2 aliphatic rings. The standard InChI is InChI=1S/C17H29N5O4S/c1-14-12-16(19-26-14)18-17(23)13-21-8-10-22(11-9-21)27(24,25)20(2)15-6-4-3-5-7-15/h12,15H,3-11,13H2,1-2H3,(H,18,19,23). The Bertz CT molecular complexity index is 736. The van der Waals surface area contributed by atoms with Crippen LogP contribution in [0.15, 0.2) is 10.6 Å². The van der Waals surface area contributed by atoms with Gasteiger partial charge in [0.25, 0.3) is 10.2 Å². The van der Waals surface area contributed by atoms with Gasteiger partial charge in [-0.25, -0.2) is 0 Å². The molecule has 1 N–H and O–H groups in total. The second-order valence-electron chi connectivity index (χ2n) is 7.36. The Morgan fingerprint density at radius 1 is 1.26 bits per heavy atom. The van der Waals surface area contributed by atoms with E-state index in [1.54, 1.807) is 24.3 Å². The summed E-state index contributed by atoms with van der Waals surface area (Å²) in [6.45, 7) is 3.82. The Morgan fingerprint density at radius 2 is 1.93 bits per heavy atom. The summed E-state index contributed by atoms with van der Waals surface area (Å²) in [4.78, 5) is 14.1. The lowest BCUT2D eigenvalue weighted by atomic mass is 9.96. The van der Waals surface area contributed by atoms with Crippen LogP contribution in [0.25, 0.3) is 0 Å². The minimum atomic E-state index is -3.44. The first-order valence-electron chi connectivity index (χ1n) is 9.55. The third-order valence-corrected chi connectivity index (χ3v) is 7.42. The maximum Gasteiger partial charge on any atom is 0.282 e. The second-order valence-corrected chi connectivity index (χ2v) is 9.35. The maximum absolute atomic E-state index is 12.9. The van der Waals surface area contributed by atoms with Gasteiger partial charge in [0.15, 0.2) is 5.82 Å². The lowest BCUT2D eigenvalue weighted by Crippen LogP contribution is -2.55. The first-order valence-corrected chi connectivity index (χ1v) is 10.9. The van der Waals surface area contributed by atoms with Crippen LogP contribution in [0.2, 0.25) is 0 Å². The number of aryl methyl sites for hydroxylation is 1. The van der Waals surface area contributed by atoms with E-state index in [1.165, 1.54) is 10.7 Å². The summed E-state index contributed by atoms with van der Waals surface area (Å²) in [5, 5.41) is 6.43. The van der Waals surface area contributed by atoms with Crippen LogP contribution in [0.3, 0.4) is 0 Å². The number of rotatable bonds is 6. The SMILES string of the molecule is Cc1cc(NC(=O)CN2CCN(S(=O)(=O)N(C)C3CCCCC3)CC2)no1. The summed E-state index contributed by atoms with van der Waals surface area (Å²) < 4.78 is 33.8. The van der Waals surface area contributed by atoms with E-state index in [9.17, 15) is 13.2 Å². The molecular formula is C17H29N5O4S. The van der Waals surface area contributed by atoms with Crippen LogP contribution >= 0.6 is 0 Å². The highest BCUT2D eigenvalue weighted by Crippen LogP contribution is 2.25. The molecule has 1 amide bonds. The number of amides is 1. The average molecular weight is 400 g/mol. The van der Waals surface area contributed by atoms with Crippen molar-refractivity contribution in [3.8, 4) is 0 Å². The highest BCUT2D eigenvalue weighted by Gasteiger charge is 2.34. The van der Waals surface area contributed by atoms with Gasteiger partial charge in [-0.05, 0) is 19.8 Å². The predicted molar refractivity (Wildman–Crippen MR) is 101 cm³/mol. The minimum Gasteiger partial charge on any atom is -0.360 e. The van der Waals surface area contributed by atoms with Gasteiger partial charge in [-0.3, -0.25) is 9.69 Å². The molecule has 0 atom stereocenters. The third kappa shape index (κ3) is 5.07. The highest BCUT2D eigenvalue weighted by molar-refractivity contribution is 7.86. The topological polar surface area (TPSA) is 99.0 Å². The van der Waals surface area contributed by atoms with Crippen molar-refractivity contribution in [2.75, 3.05) is 45.1 Å². The molecule has 0 spiro atoms. The molecule has 27 heavy (non-hydrogen) atoms. The number of nitrogens with one attached hydrogen (secondary N) is 1. The molecule has 2 fully saturated rings. The van der Waals surface area contributed by atoms with Crippen LogP contribution < -0.4 is 5.32 Å². The van der Waals surface area contributed by atoms with Crippen LogP contribution in [-0.2, 0) is 15.0 Å². The fourth-order valence-electron chi connectivity index (χ4n) is 3.74. The number of carbonyl (C=O) groups excluding carboxylic acids is 1. The normalized spacial score (nSPS) is 20.9. The van der Waals surface area contributed by atoms with Gasteiger partial charge in [0, 0.05) is 45.3 Å². The van der Waals surface area contributed by atoms with Crippen molar-refractivity contribution in [1.82, 2.24) is 18.7 Å². The molecule has 1 saturated carbocycles. The molecule has 9 nitrogen and oxygen atoms in total. The van der Waals surface area contributed by atoms with Gasteiger partial charge in [0.05, 0.1) is 6.54 Å². The van der Waals surface area contributed by atoms with Crippen LogP contribution in [0.1, 0.15) is 37.9 Å². The van der Waals surface area contributed by atoms with Crippen molar-refractivity contribution < 1.29 is 17.7 Å². The number of nitrogens with zero attached hydrogens (tertiary/aromatic N) is 4. The van der Waals surface area contributed by atoms with Crippen molar-refractivity contribution in [3.63, 3.8) is 0 Å². The highest BCUT2D eigenvalue weighted by atomic mass is 32.2. The van der Waals surface area contributed by atoms with Crippen LogP contribution in [0.5, 0.6) is 0 Å². The summed E-state index contributed by atoms with van der Waals surface area (Å²) in [6.07, 6.45) is 5.27. The zero-order valence-corrected chi connectivity index (χ0v) is 16.9. The van der Waals surface area contributed by atoms with Gasteiger partial charge in [-0.2, -0.15) is 17.0 Å². The number of piperazine rings is 1. The van der Waals surface area contributed by atoms with Gasteiger partial charge >= 0.3 is 0 Å². The summed E-state index contributed by atoms with van der Waals surface area (Å²) in [7, 11) is -1.74. The summed E-state index contributed by atoms with van der Waals surface area (Å²) in [5.41, 5.74) is 0. The van der Waals surface area contributed by atoms with Crippen LogP contribution in [0.4, 0.5) is 5.82 Å². The molecule has 3 rings (SSSR count). The number of aromatic nitrogens is 1. The van der Waals surface area contributed by atoms with Crippen LogP contribution in [-0.4, -0.2) is 78.8 Å². The van der Waals surface area contributed by atoms with E-state index in [-0.39, 0.29) is 18.5 Å². The van der Waals surface area contributed by atoms with Crippen molar-refractivity contribution in [2.24, 2.45) is 0 Å². The fourth-order valence-corrected chi connectivity index (χ4v) is 5.32. The molecule has 0 unspecified atom stereocenters. The molecule has 1 aromatic rings. The van der Waals surface area contributed by atoms with E-state index >= 15 is 0 Å². The summed E-state index contributed by atoms with van der Waals surface area (Å²) in [6, 6.07) is 1.77. The molecule has 10 heteroatoms. The first kappa shape index (κ1) is 20.2. The Balaban J connectivity index is 1.48. The lowest BCUT2D eigenvalue weighted by molar-refractivity contribution is -0.117. The quantitative estimate of drug-likeness (QED) is 0.768. The van der Waals surface area contributed by atoms with Gasteiger partial charge < -0.3 is 9.84 Å². The zero-order chi connectivity index (χ0) is 19.4. The maximum atomic E-state index is 12.9. The molecule has 1 saturated heterocycles. The molecule has 0 aromatic carbocycles. The molecule has 152 valence electrons. The fraction of sp³-hybridized carbons (Fsp3) is 0.765.